The summed E-state index contributed by atoms with van der Waals surface area (Å²) in [7, 11) is 0.591. The van der Waals surface area contributed by atoms with Crippen molar-refractivity contribution in [2.75, 3.05) is 6.54 Å². The molecule has 0 heterocycles. The quantitative estimate of drug-likeness (QED) is 0.492. The van der Waals surface area contributed by atoms with Gasteiger partial charge in [-0.05, 0) is 6.92 Å². The minimum Gasteiger partial charge on any atom is -0.365 e. The molecule has 0 aliphatic rings. The topological polar surface area (TPSA) is 29.1 Å². The lowest BCUT2D eigenvalue weighted by Gasteiger charge is -1.93. The molecule has 2 nitrogen and oxygen atoms in total. The van der Waals surface area contributed by atoms with E-state index >= 15 is 0 Å². The van der Waals surface area contributed by atoms with Gasteiger partial charge in [0.15, 0.2) is 5.81 Å². The largest absolute Gasteiger partial charge is 0.365 e. The maximum absolute atomic E-state index is 10.3. The van der Waals surface area contributed by atoms with Crippen LogP contribution in [0, 0.1) is 0 Å². The van der Waals surface area contributed by atoms with Crippen LogP contribution in [0.4, 0.5) is 4.79 Å². The molecular weight excluding hydrogens is 88.9 g/mol. The van der Waals surface area contributed by atoms with Gasteiger partial charge < -0.3 is 5.32 Å². The number of carbonyl (C=O) groups is 1. The predicted molar refractivity (Wildman–Crippen MR) is 32.1 cm³/mol. The van der Waals surface area contributed by atoms with Gasteiger partial charge in [-0.1, -0.05) is 6.82 Å². The second-order valence-corrected chi connectivity index (χ2v) is 1.31. The molecule has 0 rings (SSSR count). The maximum atomic E-state index is 10.3. The fourth-order valence-corrected chi connectivity index (χ4v) is 0.322. The van der Waals surface area contributed by atoms with Gasteiger partial charge in [-0.2, -0.15) is 0 Å². The summed E-state index contributed by atoms with van der Waals surface area (Å²) >= 11 is 0. The summed E-state index contributed by atoms with van der Waals surface area (Å²) in [6, 6.07) is 0. The van der Waals surface area contributed by atoms with Crippen LogP contribution in [0.1, 0.15) is 6.92 Å². The molecule has 0 aliphatic carbocycles. The van der Waals surface area contributed by atoms with Crippen LogP contribution in [0.15, 0.2) is 0 Å². The van der Waals surface area contributed by atoms with E-state index in [1.54, 1.807) is 0 Å². The molecule has 0 aromatic carbocycles. The van der Waals surface area contributed by atoms with Crippen molar-refractivity contribution in [1.29, 1.82) is 0 Å². The lowest BCUT2D eigenvalue weighted by atomic mass is 9.81. The number of hydrogen-bond acceptors (Lipinski definition) is 1. The van der Waals surface area contributed by atoms with Crippen LogP contribution >= 0.6 is 0 Å². The zero-order valence-corrected chi connectivity index (χ0v) is 4.82. The Labute approximate surface area is 44.5 Å². The Hall–Kier alpha value is -0.465. The number of hydrogen-bond donors (Lipinski definition) is 1. The minimum absolute atomic E-state index is 0.127. The zero-order valence-electron chi connectivity index (χ0n) is 4.82. The van der Waals surface area contributed by atoms with Crippen molar-refractivity contribution < 1.29 is 4.79 Å². The van der Waals surface area contributed by atoms with E-state index in [-0.39, 0.29) is 5.81 Å². The Morgan fingerprint density at radius 3 is 2.57 bits per heavy atom. The van der Waals surface area contributed by atoms with E-state index in [2.05, 4.69) is 5.32 Å². The first-order valence-corrected chi connectivity index (χ1v) is 2.58. The molecule has 0 saturated heterocycles. The van der Waals surface area contributed by atoms with Gasteiger partial charge in [-0.15, -0.1) is 0 Å². The number of carbonyl (C=O) groups excluding carboxylic acids is 1. The molecule has 40 valence electrons. The normalized spacial score (nSPS) is 7.71. The summed E-state index contributed by atoms with van der Waals surface area (Å²) in [5.41, 5.74) is 0. The van der Waals surface area contributed by atoms with Crippen LogP contribution < -0.4 is 5.32 Å². The Bertz CT molecular complexity index is 64.7. The van der Waals surface area contributed by atoms with E-state index in [9.17, 15) is 4.79 Å². The van der Waals surface area contributed by atoms with Crippen molar-refractivity contribution in [1.82, 2.24) is 5.32 Å². The van der Waals surface area contributed by atoms with E-state index in [1.807, 2.05) is 13.7 Å². The SMILES string of the molecule is CBC(=O)NCC. The lowest BCUT2D eigenvalue weighted by molar-refractivity contribution is 0.259. The minimum atomic E-state index is 0.127. The van der Waals surface area contributed by atoms with Crippen LogP contribution in [-0.4, -0.2) is 19.6 Å². The summed E-state index contributed by atoms with van der Waals surface area (Å²) in [5, 5.41) is 2.66. The molecule has 0 aliphatic heterocycles. The Kier molecular flexibility index (Phi) is 3.47. The van der Waals surface area contributed by atoms with Crippen molar-refractivity contribution in [2.24, 2.45) is 0 Å². The summed E-state index contributed by atoms with van der Waals surface area (Å²) in [6.45, 7) is 4.49. The Balaban J connectivity index is 3.00. The molecule has 7 heavy (non-hydrogen) atoms. The van der Waals surface area contributed by atoms with E-state index in [0.29, 0.717) is 7.28 Å². The molecule has 3 heteroatoms. The highest BCUT2D eigenvalue weighted by atomic mass is 16.1. The smallest absolute Gasteiger partial charge is 0.230 e. The number of rotatable bonds is 2. The van der Waals surface area contributed by atoms with Gasteiger partial charge in [0, 0.05) is 6.54 Å². The summed E-state index contributed by atoms with van der Waals surface area (Å²) < 4.78 is 0. The fraction of sp³-hybridized carbons (Fsp3) is 0.750. The number of nitrogens with one attached hydrogen (secondary N) is 1. The van der Waals surface area contributed by atoms with E-state index in [0.717, 1.165) is 6.54 Å². The van der Waals surface area contributed by atoms with Crippen LogP contribution in [-0.2, 0) is 0 Å². The van der Waals surface area contributed by atoms with E-state index in [4.69, 9.17) is 0 Å². The average Bonchev–Trinajstić information content (AvgIpc) is 1.68. The van der Waals surface area contributed by atoms with E-state index in [1.165, 1.54) is 0 Å². The monoisotopic (exact) mass is 99.1 g/mol. The first-order valence-electron chi connectivity index (χ1n) is 2.58. The van der Waals surface area contributed by atoms with Gasteiger partial charge in [0.1, 0.15) is 0 Å². The van der Waals surface area contributed by atoms with Crippen molar-refractivity contribution in [3.8, 4) is 0 Å². The maximum Gasteiger partial charge on any atom is 0.230 e. The highest BCUT2D eigenvalue weighted by Crippen LogP contribution is 1.62. The van der Waals surface area contributed by atoms with Gasteiger partial charge in [-0.25, -0.2) is 0 Å². The van der Waals surface area contributed by atoms with Gasteiger partial charge in [0.05, 0.1) is 0 Å². The molecule has 0 spiro atoms. The highest BCUT2D eigenvalue weighted by Gasteiger charge is 1.90. The van der Waals surface area contributed by atoms with Crippen molar-refractivity contribution >= 4 is 13.1 Å². The third-order valence-electron chi connectivity index (χ3n) is 0.695. The predicted octanol–water partition coefficient (Wildman–Crippen LogP) is 0.200. The number of amides is 1. The van der Waals surface area contributed by atoms with Crippen molar-refractivity contribution in [2.45, 2.75) is 13.7 Å². The second-order valence-electron chi connectivity index (χ2n) is 1.31. The van der Waals surface area contributed by atoms with Gasteiger partial charge in [0.25, 0.3) is 0 Å². The molecule has 1 amide bonds. The molecule has 0 aromatic heterocycles. The standard InChI is InChI=1S/C4H10BNO/c1-3-6-4(7)5-2/h5H,3H2,1-2H3,(H,6,7). The fourth-order valence-electron chi connectivity index (χ4n) is 0.322. The first kappa shape index (κ1) is 6.53. The first-order chi connectivity index (χ1) is 3.31. The average molecular weight is 98.9 g/mol. The van der Waals surface area contributed by atoms with E-state index < -0.39 is 0 Å². The third-order valence-corrected chi connectivity index (χ3v) is 0.695. The third kappa shape index (κ3) is 3.36. The van der Waals surface area contributed by atoms with Gasteiger partial charge >= 0.3 is 0 Å². The molecule has 0 atom stereocenters. The van der Waals surface area contributed by atoms with Crippen LogP contribution in [0.25, 0.3) is 0 Å². The molecule has 0 aromatic rings. The zero-order chi connectivity index (χ0) is 5.70. The van der Waals surface area contributed by atoms with Gasteiger partial charge in [0.2, 0.25) is 7.28 Å². The molecule has 0 unspecified atom stereocenters. The molecule has 0 saturated carbocycles. The Morgan fingerprint density at radius 1 is 1.86 bits per heavy atom. The molecule has 0 bridgehead atoms. The summed E-state index contributed by atoms with van der Waals surface area (Å²) in [4.78, 5) is 10.3. The van der Waals surface area contributed by atoms with Crippen LogP contribution in [0.3, 0.4) is 0 Å². The van der Waals surface area contributed by atoms with Crippen molar-refractivity contribution in [3.05, 3.63) is 0 Å². The summed E-state index contributed by atoms with van der Waals surface area (Å²) in [5.74, 6) is 0.127. The highest BCUT2D eigenvalue weighted by molar-refractivity contribution is 6.72. The lowest BCUT2D eigenvalue weighted by Crippen LogP contribution is -2.24. The molecule has 0 radical (unpaired) electrons. The van der Waals surface area contributed by atoms with Crippen LogP contribution in [0.5, 0.6) is 0 Å². The van der Waals surface area contributed by atoms with Crippen molar-refractivity contribution in [3.63, 3.8) is 0 Å². The second kappa shape index (κ2) is 3.72. The summed E-state index contributed by atoms with van der Waals surface area (Å²) in [6.07, 6.45) is 0. The molecule has 1 N–H and O–H groups in total. The molecule has 0 fully saturated rings. The Morgan fingerprint density at radius 2 is 2.43 bits per heavy atom. The van der Waals surface area contributed by atoms with Crippen LogP contribution in [0.2, 0.25) is 6.82 Å². The molecular formula is C4H10BNO. The van der Waals surface area contributed by atoms with Gasteiger partial charge in [-0.3, -0.25) is 4.79 Å².